The van der Waals surface area contributed by atoms with Gasteiger partial charge in [0.2, 0.25) is 0 Å². The Balaban J connectivity index is 2.16. The Morgan fingerprint density at radius 1 is 1.11 bits per heavy atom. The normalized spacial score (nSPS) is 19.2. The second kappa shape index (κ2) is 4.82. The SMILES string of the molecule is Cc1cc2c(c(-c3ccccc3)c1)CN(C)C(C)C2. The van der Waals surface area contributed by atoms with Crippen molar-refractivity contribution in [2.45, 2.75) is 32.9 Å². The van der Waals surface area contributed by atoms with Crippen LogP contribution >= 0.6 is 0 Å². The number of likely N-dealkylation sites (N-methyl/N-ethyl adjacent to an activating group) is 1. The van der Waals surface area contributed by atoms with Crippen molar-refractivity contribution in [3.05, 3.63) is 59.2 Å². The van der Waals surface area contributed by atoms with Gasteiger partial charge < -0.3 is 0 Å². The van der Waals surface area contributed by atoms with E-state index in [0.29, 0.717) is 6.04 Å². The highest BCUT2D eigenvalue weighted by molar-refractivity contribution is 5.70. The van der Waals surface area contributed by atoms with Gasteiger partial charge in [0.25, 0.3) is 0 Å². The lowest BCUT2D eigenvalue weighted by atomic mass is 9.87. The first-order chi connectivity index (χ1) is 9.15. The molecule has 0 spiro atoms. The molecule has 1 unspecified atom stereocenters. The molecule has 0 aliphatic carbocycles. The van der Waals surface area contributed by atoms with Crippen molar-refractivity contribution in [1.29, 1.82) is 0 Å². The Morgan fingerprint density at radius 3 is 2.58 bits per heavy atom. The molecule has 19 heavy (non-hydrogen) atoms. The molecule has 0 radical (unpaired) electrons. The summed E-state index contributed by atoms with van der Waals surface area (Å²) in [6.45, 7) is 5.57. The largest absolute Gasteiger partial charge is 0.299 e. The van der Waals surface area contributed by atoms with E-state index in [2.05, 4.69) is 68.3 Å². The molecular weight excluding hydrogens is 230 g/mol. The van der Waals surface area contributed by atoms with Gasteiger partial charge in [0.05, 0.1) is 0 Å². The Morgan fingerprint density at radius 2 is 1.84 bits per heavy atom. The van der Waals surface area contributed by atoms with Crippen molar-refractivity contribution in [3.63, 3.8) is 0 Å². The molecule has 0 saturated heterocycles. The number of rotatable bonds is 1. The minimum Gasteiger partial charge on any atom is -0.299 e. The Labute approximate surface area is 115 Å². The highest BCUT2D eigenvalue weighted by atomic mass is 15.1. The van der Waals surface area contributed by atoms with Gasteiger partial charge in [-0.05, 0) is 49.6 Å². The van der Waals surface area contributed by atoms with Crippen LogP contribution in [0.4, 0.5) is 0 Å². The smallest absolute Gasteiger partial charge is 0.0242 e. The molecule has 1 aliphatic rings. The van der Waals surface area contributed by atoms with Crippen LogP contribution in [0.5, 0.6) is 0 Å². The van der Waals surface area contributed by atoms with Crippen LogP contribution in [-0.2, 0) is 13.0 Å². The number of hydrogen-bond donors (Lipinski definition) is 0. The maximum atomic E-state index is 2.45. The van der Waals surface area contributed by atoms with E-state index in [0.717, 1.165) is 13.0 Å². The fourth-order valence-electron chi connectivity index (χ4n) is 3.01. The van der Waals surface area contributed by atoms with E-state index in [9.17, 15) is 0 Å². The maximum absolute atomic E-state index is 2.45. The van der Waals surface area contributed by atoms with Gasteiger partial charge in [0, 0.05) is 12.6 Å². The molecule has 1 aliphatic heterocycles. The minimum absolute atomic E-state index is 0.637. The number of aryl methyl sites for hydroxylation is 1. The summed E-state index contributed by atoms with van der Waals surface area (Å²) in [5, 5.41) is 0. The van der Waals surface area contributed by atoms with E-state index in [1.807, 2.05) is 0 Å². The molecule has 0 saturated carbocycles. The third kappa shape index (κ3) is 2.31. The molecule has 2 aromatic carbocycles. The molecule has 0 aromatic heterocycles. The van der Waals surface area contributed by atoms with E-state index in [1.165, 1.54) is 27.8 Å². The number of hydrogen-bond acceptors (Lipinski definition) is 1. The second-order valence-electron chi connectivity index (χ2n) is 5.78. The van der Waals surface area contributed by atoms with Crippen LogP contribution < -0.4 is 0 Å². The monoisotopic (exact) mass is 251 g/mol. The zero-order chi connectivity index (χ0) is 13.4. The molecule has 2 aromatic rings. The van der Waals surface area contributed by atoms with Gasteiger partial charge in [0.15, 0.2) is 0 Å². The molecule has 0 amide bonds. The molecule has 3 rings (SSSR count). The quantitative estimate of drug-likeness (QED) is 0.739. The second-order valence-corrected chi connectivity index (χ2v) is 5.78. The van der Waals surface area contributed by atoms with Crippen LogP contribution in [-0.4, -0.2) is 18.0 Å². The first kappa shape index (κ1) is 12.4. The summed E-state index contributed by atoms with van der Waals surface area (Å²) in [6, 6.07) is 16.1. The lowest BCUT2D eigenvalue weighted by Crippen LogP contribution is -2.35. The lowest BCUT2D eigenvalue weighted by Gasteiger charge is -2.33. The summed E-state index contributed by atoms with van der Waals surface area (Å²) in [5.74, 6) is 0. The first-order valence-electron chi connectivity index (χ1n) is 7.03. The van der Waals surface area contributed by atoms with Crippen LogP contribution in [0, 0.1) is 6.92 Å². The number of nitrogens with zero attached hydrogens (tertiary/aromatic N) is 1. The van der Waals surface area contributed by atoms with E-state index < -0.39 is 0 Å². The highest BCUT2D eigenvalue weighted by Crippen LogP contribution is 2.32. The minimum atomic E-state index is 0.637. The Hall–Kier alpha value is -1.60. The zero-order valence-electron chi connectivity index (χ0n) is 12.0. The highest BCUT2D eigenvalue weighted by Gasteiger charge is 2.22. The summed E-state index contributed by atoms with van der Waals surface area (Å²) in [7, 11) is 2.22. The third-order valence-electron chi connectivity index (χ3n) is 4.25. The molecule has 98 valence electrons. The van der Waals surface area contributed by atoms with Crippen molar-refractivity contribution in [3.8, 4) is 11.1 Å². The van der Waals surface area contributed by atoms with Crippen LogP contribution in [0.1, 0.15) is 23.6 Å². The first-order valence-corrected chi connectivity index (χ1v) is 7.03. The molecule has 0 fully saturated rings. The summed E-state index contributed by atoms with van der Waals surface area (Å²) in [4.78, 5) is 2.45. The summed E-state index contributed by atoms with van der Waals surface area (Å²) in [5.41, 5.74) is 7.16. The lowest BCUT2D eigenvalue weighted by molar-refractivity contribution is 0.231. The molecule has 0 bridgehead atoms. The van der Waals surface area contributed by atoms with Gasteiger partial charge in [-0.2, -0.15) is 0 Å². The van der Waals surface area contributed by atoms with E-state index >= 15 is 0 Å². The summed E-state index contributed by atoms with van der Waals surface area (Å²) in [6.07, 6.45) is 1.16. The molecule has 0 N–H and O–H groups in total. The Kier molecular flexibility index (Phi) is 3.16. The molecule has 1 heteroatoms. The fourth-order valence-corrected chi connectivity index (χ4v) is 3.01. The van der Waals surface area contributed by atoms with Gasteiger partial charge in [-0.15, -0.1) is 0 Å². The van der Waals surface area contributed by atoms with Crippen molar-refractivity contribution in [1.82, 2.24) is 4.90 Å². The molecule has 1 heterocycles. The van der Waals surface area contributed by atoms with E-state index in [-0.39, 0.29) is 0 Å². The number of fused-ring (bicyclic) bond motifs is 1. The van der Waals surface area contributed by atoms with Crippen molar-refractivity contribution in [2.75, 3.05) is 7.05 Å². The van der Waals surface area contributed by atoms with Crippen LogP contribution in [0.15, 0.2) is 42.5 Å². The fraction of sp³-hybridized carbons (Fsp3) is 0.333. The molecule has 1 atom stereocenters. The van der Waals surface area contributed by atoms with Crippen molar-refractivity contribution >= 4 is 0 Å². The standard InChI is InChI=1S/C18H21N/c1-13-9-16-11-14(2)19(3)12-18(16)17(10-13)15-7-5-4-6-8-15/h4-10,14H,11-12H2,1-3H3. The number of benzene rings is 2. The Bertz CT molecular complexity index is 586. The predicted octanol–water partition coefficient (Wildman–Crippen LogP) is 4.04. The van der Waals surface area contributed by atoms with Gasteiger partial charge >= 0.3 is 0 Å². The summed E-state index contributed by atoms with van der Waals surface area (Å²) >= 11 is 0. The molecule has 1 nitrogen and oxygen atoms in total. The van der Waals surface area contributed by atoms with E-state index in [1.54, 1.807) is 0 Å². The van der Waals surface area contributed by atoms with Gasteiger partial charge in [-0.25, -0.2) is 0 Å². The third-order valence-corrected chi connectivity index (χ3v) is 4.25. The maximum Gasteiger partial charge on any atom is 0.0242 e. The summed E-state index contributed by atoms with van der Waals surface area (Å²) < 4.78 is 0. The molecular formula is C18H21N. The van der Waals surface area contributed by atoms with Gasteiger partial charge in [-0.1, -0.05) is 48.0 Å². The van der Waals surface area contributed by atoms with E-state index in [4.69, 9.17) is 0 Å². The van der Waals surface area contributed by atoms with Crippen molar-refractivity contribution < 1.29 is 0 Å². The average Bonchev–Trinajstić information content (AvgIpc) is 2.41. The average molecular weight is 251 g/mol. The van der Waals surface area contributed by atoms with Crippen molar-refractivity contribution in [2.24, 2.45) is 0 Å². The predicted molar refractivity (Wildman–Crippen MR) is 81.2 cm³/mol. The van der Waals surface area contributed by atoms with Crippen LogP contribution in [0.2, 0.25) is 0 Å². The van der Waals surface area contributed by atoms with Crippen LogP contribution in [0.3, 0.4) is 0 Å². The zero-order valence-corrected chi connectivity index (χ0v) is 12.0. The van der Waals surface area contributed by atoms with Gasteiger partial charge in [0.1, 0.15) is 0 Å². The topological polar surface area (TPSA) is 3.24 Å². The van der Waals surface area contributed by atoms with Gasteiger partial charge in [-0.3, -0.25) is 4.90 Å². The van der Waals surface area contributed by atoms with Crippen LogP contribution in [0.25, 0.3) is 11.1 Å².